The largest absolute Gasteiger partial charge is 0.326 e. The van der Waals surface area contributed by atoms with Crippen LogP contribution in [-0.2, 0) is 11.2 Å². The summed E-state index contributed by atoms with van der Waals surface area (Å²) in [6, 6.07) is 4.31. The van der Waals surface area contributed by atoms with Crippen LogP contribution in [0.2, 0.25) is 0 Å². The number of hydrogen-bond donors (Lipinski definition) is 1. The Morgan fingerprint density at radius 3 is 2.56 bits per heavy atom. The highest BCUT2D eigenvalue weighted by Crippen LogP contribution is 2.35. The van der Waals surface area contributed by atoms with Crippen LogP contribution in [0.15, 0.2) is 12.1 Å². The number of anilines is 1. The predicted octanol–water partition coefficient (Wildman–Crippen LogP) is 3.21. The number of aryl methyl sites for hydroxylation is 2. The maximum atomic E-state index is 11.8. The van der Waals surface area contributed by atoms with Gasteiger partial charge in [-0.15, -0.1) is 0 Å². The zero-order valence-electron chi connectivity index (χ0n) is 10.5. The van der Waals surface area contributed by atoms with Gasteiger partial charge in [0.25, 0.3) is 0 Å². The fourth-order valence-corrected chi connectivity index (χ4v) is 2.57. The van der Waals surface area contributed by atoms with Crippen LogP contribution in [0.25, 0.3) is 0 Å². The van der Waals surface area contributed by atoms with Gasteiger partial charge < -0.3 is 5.32 Å². The summed E-state index contributed by atoms with van der Waals surface area (Å²) < 4.78 is 0. The lowest BCUT2D eigenvalue weighted by molar-refractivity contribution is -0.117. The van der Waals surface area contributed by atoms with E-state index in [1.54, 1.807) is 0 Å². The summed E-state index contributed by atoms with van der Waals surface area (Å²) in [6.07, 6.45) is 1.56. The van der Waals surface area contributed by atoms with Gasteiger partial charge >= 0.3 is 0 Å². The zero-order valence-corrected chi connectivity index (χ0v) is 10.5. The van der Waals surface area contributed by atoms with Crippen molar-refractivity contribution < 1.29 is 4.79 Å². The number of rotatable bonds is 0. The van der Waals surface area contributed by atoms with Crippen LogP contribution >= 0.6 is 0 Å². The molecule has 2 nitrogen and oxygen atoms in total. The van der Waals surface area contributed by atoms with Crippen molar-refractivity contribution in [3.63, 3.8) is 0 Å². The molecule has 2 heteroatoms. The van der Waals surface area contributed by atoms with Gasteiger partial charge in [-0.2, -0.15) is 0 Å². The summed E-state index contributed by atoms with van der Waals surface area (Å²) in [4.78, 5) is 11.8. The molecular formula is C14H19NO. The number of carbonyl (C=O) groups excluding carboxylic acids is 1. The molecule has 16 heavy (non-hydrogen) atoms. The summed E-state index contributed by atoms with van der Waals surface area (Å²) >= 11 is 0. The number of carbonyl (C=O) groups is 1. The van der Waals surface area contributed by atoms with Gasteiger partial charge in [-0.1, -0.05) is 31.5 Å². The Morgan fingerprint density at radius 2 is 1.88 bits per heavy atom. The summed E-state index contributed by atoms with van der Waals surface area (Å²) in [5.41, 5.74) is 4.79. The van der Waals surface area contributed by atoms with Gasteiger partial charge in [0, 0.05) is 12.1 Å². The summed E-state index contributed by atoms with van der Waals surface area (Å²) in [6.45, 7) is 8.47. The van der Waals surface area contributed by atoms with Crippen molar-refractivity contribution in [3.05, 3.63) is 28.8 Å². The van der Waals surface area contributed by atoms with Gasteiger partial charge in [0.1, 0.15) is 0 Å². The molecule has 1 amide bonds. The number of nitrogens with one attached hydrogen (secondary N) is 1. The molecule has 0 aliphatic carbocycles. The topological polar surface area (TPSA) is 29.1 Å². The molecular weight excluding hydrogens is 198 g/mol. The van der Waals surface area contributed by atoms with Crippen molar-refractivity contribution in [2.24, 2.45) is 5.41 Å². The van der Waals surface area contributed by atoms with Gasteiger partial charge in [0.15, 0.2) is 0 Å². The van der Waals surface area contributed by atoms with Crippen molar-refractivity contribution in [2.45, 2.75) is 40.5 Å². The molecule has 1 aliphatic rings. The van der Waals surface area contributed by atoms with Crippen LogP contribution in [-0.4, -0.2) is 5.91 Å². The Kier molecular flexibility index (Phi) is 2.53. The molecule has 1 aromatic rings. The molecule has 0 radical (unpaired) electrons. The number of hydrogen-bond acceptors (Lipinski definition) is 1. The minimum absolute atomic E-state index is 0.0512. The van der Waals surface area contributed by atoms with E-state index in [2.05, 4.69) is 45.1 Å². The average Bonchev–Trinajstić information content (AvgIpc) is 2.19. The van der Waals surface area contributed by atoms with E-state index in [1.807, 2.05) is 0 Å². The van der Waals surface area contributed by atoms with E-state index in [0.717, 1.165) is 12.1 Å². The highest BCUT2D eigenvalue weighted by Gasteiger charge is 2.28. The second kappa shape index (κ2) is 3.62. The van der Waals surface area contributed by atoms with Gasteiger partial charge in [-0.3, -0.25) is 4.79 Å². The van der Waals surface area contributed by atoms with Gasteiger partial charge in [-0.05, 0) is 36.8 Å². The Bertz CT molecular complexity index is 446. The quantitative estimate of drug-likeness (QED) is 0.710. The van der Waals surface area contributed by atoms with E-state index in [9.17, 15) is 4.79 Å². The van der Waals surface area contributed by atoms with E-state index < -0.39 is 0 Å². The molecule has 1 heterocycles. The first kappa shape index (κ1) is 11.2. The Balaban J connectivity index is 2.54. The molecule has 86 valence electrons. The Labute approximate surface area is 97.1 Å². The van der Waals surface area contributed by atoms with Crippen LogP contribution in [0.4, 0.5) is 5.69 Å². The number of fused-ring (bicyclic) bond motifs is 1. The smallest absolute Gasteiger partial charge is 0.224 e. The first-order chi connectivity index (χ1) is 7.37. The first-order valence-electron chi connectivity index (χ1n) is 5.77. The molecule has 0 saturated heterocycles. The highest BCUT2D eigenvalue weighted by atomic mass is 16.1. The van der Waals surface area contributed by atoms with Gasteiger partial charge in [-0.25, -0.2) is 0 Å². The molecule has 0 aromatic heterocycles. The fourth-order valence-electron chi connectivity index (χ4n) is 2.57. The lowest BCUT2D eigenvalue weighted by atomic mass is 9.82. The van der Waals surface area contributed by atoms with E-state index >= 15 is 0 Å². The van der Waals surface area contributed by atoms with Crippen LogP contribution in [0.5, 0.6) is 0 Å². The van der Waals surface area contributed by atoms with Crippen molar-refractivity contribution >= 4 is 11.6 Å². The fraction of sp³-hybridized carbons (Fsp3) is 0.500. The van der Waals surface area contributed by atoms with Crippen LogP contribution < -0.4 is 5.32 Å². The third-order valence-corrected chi connectivity index (χ3v) is 3.13. The van der Waals surface area contributed by atoms with Gasteiger partial charge in [0.05, 0.1) is 0 Å². The monoisotopic (exact) mass is 217 g/mol. The number of amides is 1. The van der Waals surface area contributed by atoms with E-state index in [0.29, 0.717) is 6.42 Å². The first-order valence-corrected chi connectivity index (χ1v) is 5.77. The van der Waals surface area contributed by atoms with Crippen LogP contribution in [0.3, 0.4) is 0 Å². The maximum absolute atomic E-state index is 11.8. The van der Waals surface area contributed by atoms with E-state index in [4.69, 9.17) is 0 Å². The van der Waals surface area contributed by atoms with E-state index in [1.165, 1.54) is 16.7 Å². The van der Waals surface area contributed by atoms with Gasteiger partial charge in [0.2, 0.25) is 5.91 Å². The lowest BCUT2D eigenvalue weighted by Gasteiger charge is -2.21. The predicted molar refractivity (Wildman–Crippen MR) is 66.6 cm³/mol. The molecule has 0 atom stereocenters. The summed E-state index contributed by atoms with van der Waals surface area (Å²) in [7, 11) is 0. The molecule has 0 unspecified atom stereocenters. The molecule has 0 spiro atoms. The number of benzene rings is 1. The third kappa shape index (κ3) is 2.11. The van der Waals surface area contributed by atoms with Crippen molar-refractivity contribution in [1.29, 1.82) is 0 Å². The third-order valence-electron chi connectivity index (χ3n) is 3.13. The minimum atomic E-state index is 0.0512. The van der Waals surface area contributed by atoms with Crippen LogP contribution in [0, 0.1) is 19.3 Å². The summed E-state index contributed by atoms with van der Waals surface area (Å²) in [5.74, 6) is 0.135. The second-order valence-corrected chi connectivity index (χ2v) is 5.68. The molecule has 0 fully saturated rings. The summed E-state index contributed by atoms with van der Waals surface area (Å²) in [5, 5.41) is 3.03. The second-order valence-electron chi connectivity index (χ2n) is 5.68. The van der Waals surface area contributed by atoms with Crippen molar-refractivity contribution in [1.82, 2.24) is 0 Å². The zero-order chi connectivity index (χ0) is 11.9. The maximum Gasteiger partial charge on any atom is 0.224 e. The van der Waals surface area contributed by atoms with Crippen LogP contribution in [0.1, 0.15) is 37.0 Å². The SMILES string of the molecule is Cc1cc(C)c2c(c1)CC(C)(C)CC(=O)N2. The molecule has 1 aliphatic heterocycles. The average molecular weight is 217 g/mol. The highest BCUT2D eigenvalue weighted by molar-refractivity contribution is 5.93. The molecule has 0 saturated carbocycles. The molecule has 1 N–H and O–H groups in total. The molecule has 2 rings (SSSR count). The molecule has 1 aromatic carbocycles. The van der Waals surface area contributed by atoms with Crippen molar-refractivity contribution in [3.8, 4) is 0 Å². The Hall–Kier alpha value is -1.31. The van der Waals surface area contributed by atoms with Crippen molar-refractivity contribution in [2.75, 3.05) is 5.32 Å². The Morgan fingerprint density at radius 1 is 1.19 bits per heavy atom. The molecule has 0 bridgehead atoms. The standard InChI is InChI=1S/C14H19NO/c1-9-5-10(2)13-11(6-9)7-14(3,4)8-12(16)15-13/h5-6H,7-8H2,1-4H3,(H,15,16). The normalized spacial score (nSPS) is 18.6. The minimum Gasteiger partial charge on any atom is -0.326 e. The van der Waals surface area contributed by atoms with E-state index in [-0.39, 0.29) is 11.3 Å². The lowest BCUT2D eigenvalue weighted by Crippen LogP contribution is -2.20.